The van der Waals surface area contributed by atoms with Gasteiger partial charge in [-0.15, -0.1) is 0 Å². The van der Waals surface area contributed by atoms with Crippen molar-refractivity contribution in [2.75, 3.05) is 18.0 Å². The quantitative estimate of drug-likeness (QED) is 0.890. The van der Waals surface area contributed by atoms with Gasteiger partial charge in [0.05, 0.1) is 11.9 Å². The van der Waals surface area contributed by atoms with Crippen LogP contribution in [0.25, 0.3) is 0 Å². The first-order valence-corrected chi connectivity index (χ1v) is 8.56. The van der Waals surface area contributed by atoms with Gasteiger partial charge in [0.15, 0.2) is 0 Å². The van der Waals surface area contributed by atoms with Gasteiger partial charge in [0.1, 0.15) is 16.9 Å². The summed E-state index contributed by atoms with van der Waals surface area (Å²) in [5.74, 6) is 0.914. The summed E-state index contributed by atoms with van der Waals surface area (Å²) in [5, 5.41) is 9.73. The molecule has 0 radical (unpaired) electrons. The van der Waals surface area contributed by atoms with Crippen LogP contribution >= 0.6 is 11.6 Å². The average Bonchev–Trinajstić information content (AvgIpc) is 3.01. The molecule has 0 atom stereocenters. The summed E-state index contributed by atoms with van der Waals surface area (Å²) in [5.41, 5.74) is 2.74. The van der Waals surface area contributed by atoms with Crippen LogP contribution in [0.2, 0.25) is 5.02 Å². The Morgan fingerprint density at radius 1 is 1.21 bits per heavy atom. The van der Waals surface area contributed by atoms with Gasteiger partial charge in [-0.3, -0.25) is 4.79 Å². The number of hydrogen-bond donors (Lipinski definition) is 2. The Bertz CT molecular complexity index is 801. The first-order chi connectivity index (χ1) is 11.7. The summed E-state index contributed by atoms with van der Waals surface area (Å²) in [7, 11) is 0. The van der Waals surface area contributed by atoms with Crippen LogP contribution < -0.4 is 20.5 Å². The normalized spacial score (nSPS) is 17.8. The number of ether oxygens (including phenoxy) is 1. The molecule has 1 aromatic carbocycles. The lowest BCUT2D eigenvalue weighted by molar-refractivity contribution is 0.162. The molecule has 6 nitrogen and oxygen atoms in total. The average molecular weight is 347 g/mol. The fourth-order valence-corrected chi connectivity index (χ4v) is 3.53. The zero-order valence-corrected chi connectivity index (χ0v) is 14.0. The van der Waals surface area contributed by atoms with E-state index in [2.05, 4.69) is 32.5 Å². The van der Waals surface area contributed by atoms with Crippen LogP contribution in [0.4, 0.5) is 5.69 Å². The monoisotopic (exact) mass is 346 g/mol. The minimum absolute atomic E-state index is 0.184. The number of rotatable bonds is 3. The van der Waals surface area contributed by atoms with Gasteiger partial charge in [0, 0.05) is 13.1 Å². The molecule has 7 heteroatoms. The fourth-order valence-electron chi connectivity index (χ4n) is 3.31. The van der Waals surface area contributed by atoms with E-state index in [1.54, 1.807) is 6.20 Å². The number of halogens is 1. The second kappa shape index (κ2) is 6.45. The fraction of sp³-hybridized carbons (Fsp3) is 0.412. The van der Waals surface area contributed by atoms with E-state index in [4.69, 9.17) is 16.3 Å². The zero-order valence-electron chi connectivity index (χ0n) is 13.2. The number of benzene rings is 1. The molecule has 2 aromatic rings. The number of piperidine rings is 1. The van der Waals surface area contributed by atoms with Crippen molar-refractivity contribution >= 4 is 17.3 Å². The smallest absolute Gasteiger partial charge is 0.285 e. The molecule has 0 spiro atoms. The van der Waals surface area contributed by atoms with E-state index in [9.17, 15) is 4.79 Å². The third-order valence-electron chi connectivity index (χ3n) is 4.61. The number of anilines is 1. The Morgan fingerprint density at radius 2 is 2.00 bits per heavy atom. The number of nitrogens with one attached hydrogen (secondary N) is 2. The zero-order chi connectivity index (χ0) is 16.5. The molecule has 1 fully saturated rings. The maximum absolute atomic E-state index is 11.6. The van der Waals surface area contributed by atoms with Gasteiger partial charge in [0.25, 0.3) is 5.56 Å². The van der Waals surface area contributed by atoms with Crippen molar-refractivity contribution < 1.29 is 4.74 Å². The van der Waals surface area contributed by atoms with Crippen molar-refractivity contribution in [3.05, 3.63) is 50.9 Å². The Labute approximate surface area is 144 Å². The lowest BCUT2D eigenvalue weighted by Gasteiger charge is -2.24. The highest BCUT2D eigenvalue weighted by molar-refractivity contribution is 6.33. The van der Waals surface area contributed by atoms with Gasteiger partial charge in [-0.2, -0.15) is 5.10 Å². The number of hydrogen-bond acceptors (Lipinski definition) is 5. The summed E-state index contributed by atoms with van der Waals surface area (Å²) >= 11 is 6.12. The first-order valence-electron chi connectivity index (χ1n) is 8.18. The lowest BCUT2D eigenvalue weighted by atomic mass is 10.1. The summed E-state index contributed by atoms with van der Waals surface area (Å²) in [4.78, 5) is 13.7. The predicted octanol–water partition coefficient (Wildman–Crippen LogP) is 2.07. The summed E-state index contributed by atoms with van der Waals surface area (Å²) in [6.07, 6.45) is 3.96. The number of fused-ring (bicyclic) bond motifs is 1. The van der Waals surface area contributed by atoms with Crippen molar-refractivity contribution in [2.24, 2.45) is 0 Å². The highest BCUT2D eigenvalue weighted by Crippen LogP contribution is 2.33. The van der Waals surface area contributed by atoms with E-state index >= 15 is 0 Å². The molecule has 2 aliphatic rings. The van der Waals surface area contributed by atoms with E-state index in [0.29, 0.717) is 18.8 Å². The third-order valence-corrected chi connectivity index (χ3v) is 4.97. The van der Waals surface area contributed by atoms with Crippen LogP contribution in [0.1, 0.15) is 24.0 Å². The van der Waals surface area contributed by atoms with Crippen LogP contribution in [-0.4, -0.2) is 29.4 Å². The number of aromatic nitrogens is 2. The molecule has 2 N–H and O–H groups in total. The Kier molecular flexibility index (Phi) is 4.16. The molecule has 0 aliphatic carbocycles. The van der Waals surface area contributed by atoms with Gasteiger partial charge in [-0.05, 0) is 49.2 Å². The molecular weight excluding hydrogens is 328 g/mol. The van der Waals surface area contributed by atoms with Crippen LogP contribution in [0.15, 0.2) is 29.2 Å². The molecule has 3 heterocycles. The molecule has 0 unspecified atom stereocenters. The lowest BCUT2D eigenvalue weighted by Crippen LogP contribution is -2.34. The SMILES string of the molecule is O=c1[nH]ncc(N2Cc3ccc(OC4CCNCC4)cc3C2)c1Cl. The van der Waals surface area contributed by atoms with Gasteiger partial charge in [-0.25, -0.2) is 5.10 Å². The van der Waals surface area contributed by atoms with Crippen LogP contribution in [0, 0.1) is 0 Å². The molecule has 1 saturated heterocycles. The first kappa shape index (κ1) is 15.5. The van der Waals surface area contributed by atoms with Gasteiger partial charge < -0.3 is 15.0 Å². The topological polar surface area (TPSA) is 70.2 Å². The van der Waals surface area contributed by atoms with Crippen molar-refractivity contribution in [1.82, 2.24) is 15.5 Å². The molecule has 2 aliphatic heterocycles. The van der Waals surface area contributed by atoms with E-state index in [0.717, 1.165) is 31.7 Å². The second-order valence-electron chi connectivity index (χ2n) is 6.25. The Hall–Kier alpha value is -2.05. The highest BCUT2D eigenvalue weighted by atomic mass is 35.5. The molecule has 0 bridgehead atoms. The van der Waals surface area contributed by atoms with Gasteiger partial charge in [0.2, 0.25) is 0 Å². The van der Waals surface area contributed by atoms with Gasteiger partial charge in [-0.1, -0.05) is 17.7 Å². The highest BCUT2D eigenvalue weighted by Gasteiger charge is 2.23. The summed E-state index contributed by atoms with van der Waals surface area (Å²) in [6, 6.07) is 6.23. The van der Waals surface area contributed by atoms with Crippen molar-refractivity contribution in [3.8, 4) is 5.75 Å². The number of nitrogens with zero attached hydrogens (tertiary/aromatic N) is 2. The predicted molar refractivity (Wildman–Crippen MR) is 92.7 cm³/mol. The molecular formula is C17H19ClN4O2. The van der Waals surface area contributed by atoms with Crippen molar-refractivity contribution in [2.45, 2.75) is 32.0 Å². The Balaban J connectivity index is 1.52. The van der Waals surface area contributed by atoms with E-state index < -0.39 is 0 Å². The molecule has 0 amide bonds. The maximum Gasteiger partial charge on any atom is 0.285 e. The molecule has 4 rings (SSSR count). The van der Waals surface area contributed by atoms with E-state index in [1.165, 1.54) is 11.1 Å². The van der Waals surface area contributed by atoms with E-state index in [1.807, 2.05) is 6.07 Å². The second-order valence-corrected chi connectivity index (χ2v) is 6.63. The minimum atomic E-state index is -0.361. The maximum atomic E-state index is 11.6. The van der Waals surface area contributed by atoms with E-state index in [-0.39, 0.29) is 16.7 Å². The van der Waals surface area contributed by atoms with Gasteiger partial charge >= 0.3 is 0 Å². The minimum Gasteiger partial charge on any atom is -0.490 e. The third kappa shape index (κ3) is 2.99. The summed E-state index contributed by atoms with van der Waals surface area (Å²) < 4.78 is 6.11. The number of H-pyrrole nitrogens is 1. The number of aromatic amines is 1. The Morgan fingerprint density at radius 3 is 2.83 bits per heavy atom. The van der Waals surface area contributed by atoms with Crippen LogP contribution in [0.3, 0.4) is 0 Å². The summed E-state index contributed by atoms with van der Waals surface area (Å²) in [6.45, 7) is 3.44. The molecule has 1 aromatic heterocycles. The largest absolute Gasteiger partial charge is 0.490 e. The molecule has 24 heavy (non-hydrogen) atoms. The van der Waals surface area contributed by atoms with Crippen molar-refractivity contribution in [3.63, 3.8) is 0 Å². The molecule has 0 saturated carbocycles. The van der Waals surface area contributed by atoms with Crippen molar-refractivity contribution in [1.29, 1.82) is 0 Å². The standard InChI is InChI=1S/C17H19ClN4O2/c18-16-15(8-20-21-17(16)23)22-9-11-1-2-14(7-12(11)10-22)24-13-3-5-19-6-4-13/h1-2,7-8,13,19H,3-6,9-10H2,(H,21,23). The van der Waals surface area contributed by atoms with Crippen LogP contribution in [-0.2, 0) is 13.1 Å². The van der Waals surface area contributed by atoms with Crippen LogP contribution in [0.5, 0.6) is 5.75 Å². The molecule has 126 valence electrons.